The minimum absolute atomic E-state index is 0.139. The van der Waals surface area contributed by atoms with Gasteiger partial charge < -0.3 is 10.4 Å². The van der Waals surface area contributed by atoms with E-state index in [4.69, 9.17) is 0 Å². The molecular formula is C25H22FN3O3S. The predicted octanol–water partition coefficient (Wildman–Crippen LogP) is 3.90. The van der Waals surface area contributed by atoms with Gasteiger partial charge in [0.1, 0.15) is 10.7 Å². The van der Waals surface area contributed by atoms with Crippen molar-refractivity contribution in [2.24, 2.45) is 5.92 Å². The number of hydrogen-bond acceptors (Lipinski definition) is 5. The fourth-order valence-electron chi connectivity index (χ4n) is 5.02. The maximum absolute atomic E-state index is 14.5. The quantitative estimate of drug-likeness (QED) is 0.612. The lowest BCUT2D eigenvalue weighted by Gasteiger charge is -2.39. The third-order valence-corrected chi connectivity index (χ3v) is 8.49. The van der Waals surface area contributed by atoms with Gasteiger partial charge in [0.15, 0.2) is 0 Å². The zero-order chi connectivity index (χ0) is 23.2. The highest BCUT2D eigenvalue weighted by Gasteiger charge is 2.49. The molecule has 0 spiro atoms. The van der Waals surface area contributed by atoms with Crippen LogP contribution in [0.5, 0.6) is 0 Å². The van der Waals surface area contributed by atoms with Crippen molar-refractivity contribution in [3.8, 4) is 17.2 Å². The van der Waals surface area contributed by atoms with Gasteiger partial charge in [0.05, 0.1) is 30.3 Å². The van der Waals surface area contributed by atoms with E-state index in [9.17, 15) is 23.2 Å². The topological polar surface area (TPSA) is 93.4 Å². The Morgan fingerprint density at radius 1 is 1.09 bits per heavy atom. The summed E-state index contributed by atoms with van der Waals surface area (Å²) in [6, 6.07) is 19.6. The van der Waals surface area contributed by atoms with Crippen LogP contribution in [0.25, 0.3) is 11.1 Å². The van der Waals surface area contributed by atoms with Crippen molar-refractivity contribution >= 4 is 15.7 Å². The molecule has 33 heavy (non-hydrogen) atoms. The Morgan fingerprint density at radius 2 is 1.88 bits per heavy atom. The Balaban J connectivity index is 1.63. The standard InChI is InChI=1S/C25H22FN3O3S/c26-21-6-1-2-7-24(21)33(31,32)29-11-10-19-23(15-30)28-22-9-8-18(13-20(22)25(19)29)17-5-3-4-16(12-17)14-27/h1-9,12-13,19,23,25,28,30H,10-11,15H2/t19-,23-,25-/m0/s1. The average molecular weight is 464 g/mol. The molecule has 6 nitrogen and oxygen atoms in total. The van der Waals surface area contributed by atoms with Crippen molar-refractivity contribution in [1.29, 1.82) is 5.26 Å². The van der Waals surface area contributed by atoms with Crippen molar-refractivity contribution < 1.29 is 17.9 Å². The molecular weight excluding hydrogens is 441 g/mol. The Labute approximate surface area is 192 Å². The van der Waals surface area contributed by atoms with Crippen LogP contribution in [0.4, 0.5) is 10.1 Å². The van der Waals surface area contributed by atoms with Gasteiger partial charge in [0.25, 0.3) is 0 Å². The maximum Gasteiger partial charge on any atom is 0.246 e. The number of halogens is 1. The summed E-state index contributed by atoms with van der Waals surface area (Å²) >= 11 is 0. The fraction of sp³-hybridized carbons (Fsp3) is 0.240. The van der Waals surface area contributed by atoms with Crippen LogP contribution >= 0.6 is 0 Å². The van der Waals surface area contributed by atoms with Gasteiger partial charge in [-0.05, 0) is 59.5 Å². The number of aliphatic hydroxyl groups is 1. The highest BCUT2D eigenvalue weighted by molar-refractivity contribution is 7.89. The van der Waals surface area contributed by atoms with E-state index >= 15 is 0 Å². The molecule has 0 radical (unpaired) electrons. The molecule has 0 saturated carbocycles. The minimum atomic E-state index is -4.10. The van der Waals surface area contributed by atoms with E-state index in [-0.39, 0.29) is 30.0 Å². The smallest absolute Gasteiger partial charge is 0.246 e. The summed E-state index contributed by atoms with van der Waals surface area (Å²) in [6.45, 7) is 0.0952. The highest BCUT2D eigenvalue weighted by Crippen LogP contribution is 2.49. The lowest BCUT2D eigenvalue weighted by molar-refractivity contribution is 0.210. The molecule has 2 N–H and O–H groups in total. The van der Waals surface area contributed by atoms with Crippen LogP contribution in [0.3, 0.4) is 0 Å². The molecule has 3 aromatic rings. The molecule has 0 aromatic heterocycles. The van der Waals surface area contributed by atoms with Crippen molar-refractivity contribution in [2.45, 2.75) is 23.4 Å². The fourth-order valence-corrected chi connectivity index (χ4v) is 6.75. The van der Waals surface area contributed by atoms with Crippen molar-refractivity contribution in [2.75, 3.05) is 18.5 Å². The normalized spacial score (nSPS) is 22.2. The first-order valence-electron chi connectivity index (χ1n) is 10.7. The summed E-state index contributed by atoms with van der Waals surface area (Å²) in [6.07, 6.45) is 0.546. The Hall–Kier alpha value is -3.25. The molecule has 2 aliphatic heterocycles. The third-order valence-electron chi connectivity index (χ3n) is 6.57. The minimum Gasteiger partial charge on any atom is -0.394 e. The maximum atomic E-state index is 14.5. The number of aliphatic hydroxyl groups excluding tert-OH is 1. The molecule has 2 heterocycles. The number of nitriles is 1. The van der Waals surface area contributed by atoms with E-state index in [0.29, 0.717) is 12.0 Å². The number of fused-ring (bicyclic) bond motifs is 3. The molecule has 0 aliphatic carbocycles. The molecule has 5 rings (SSSR count). The lowest BCUT2D eigenvalue weighted by atomic mass is 9.82. The number of hydrogen-bond donors (Lipinski definition) is 2. The van der Waals surface area contributed by atoms with E-state index in [2.05, 4.69) is 11.4 Å². The number of sulfonamides is 1. The van der Waals surface area contributed by atoms with Gasteiger partial charge in [-0.2, -0.15) is 9.57 Å². The van der Waals surface area contributed by atoms with Gasteiger partial charge in [0, 0.05) is 18.2 Å². The Kier molecular flexibility index (Phi) is 5.41. The monoisotopic (exact) mass is 463 g/mol. The first kappa shape index (κ1) is 21.6. The van der Waals surface area contributed by atoms with Crippen LogP contribution in [0.15, 0.2) is 71.6 Å². The second-order valence-electron chi connectivity index (χ2n) is 8.37. The van der Waals surface area contributed by atoms with Crippen LogP contribution in [0, 0.1) is 23.1 Å². The van der Waals surface area contributed by atoms with E-state index in [1.165, 1.54) is 22.5 Å². The third kappa shape index (κ3) is 3.59. The largest absolute Gasteiger partial charge is 0.394 e. The zero-order valence-corrected chi connectivity index (χ0v) is 18.5. The number of nitrogens with one attached hydrogen (secondary N) is 1. The summed E-state index contributed by atoms with van der Waals surface area (Å²) in [5, 5.41) is 22.6. The van der Waals surface area contributed by atoms with Crippen LogP contribution in [-0.2, 0) is 10.0 Å². The SMILES string of the molecule is N#Cc1cccc(-c2ccc3c(c2)[C@@H]2[C@@H](CCN2S(=O)(=O)c2ccccc2F)[C@H](CO)N3)c1. The summed E-state index contributed by atoms with van der Waals surface area (Å²) in [7, 11) is -4.10. The van der Waals surface area contributed by atoms with E-state index in [0.717, 1.165) is 28.4 Å². The Bertz CT molecular complexity index is 1370. The van der Waals surface area contributed by atoms with E-state index in [1.54, 1.807) is 18.2 Å². The molecule has 1 fully saturated rings. The number of anilines is 1. The van der Waals surface area contributed by atoms with Crippen LogP contribution < -0.4 is 5.32 Å². The van der Waals surface area contributed by atoms with Gasteiger partial charge in [-0.25, -0.2) is 12.8 Å². The zero-order valence-electron chi connectivity index (χ0n) is 17.6. The van der Waals surface area contributed by atoms with Crippen LogP contribution in [-0.4, -0.2) is 37.0 Å². The van der Waals surface area contributed by atoms with Gasteiger partial charge in [-0.3, -0.25) is 0 Å². The summed E-state index contributed by atoms with van der Waals surface area (Å²) in [4.78, 5) is -0.343. The highest BCUT2D eigenvalue weighted by atomic mass is 32.2. The molecule has 0 amide bonds. The predicted molar refractivity (Wildman–Crippen MR) is 122 cm³/mol. The van der Waals surface area contributed by atoms with Gasteiger partial charge >= 0.3 is 0 Å². The van der Waals surface area contributed by atoms with Gasteiger partial charge in [-0.1, -0.05) is 30.3 Å². The Morgan fingerprint density at radius 3 is 2.64 bits per heavy atom. The van der Waals surface area contributed by atoms with E-state index in [1.807, 2.05) is 24.3 Å². The number of benzene rings is 3. The summed E-state index contributed by atoms with van der Waals surface area (Å²) < 4.78 is 42.9. The lowest BCUT2D eigenvalue weighted by Crippen LogP contribution is -2.43. The second kappa shape index (κ2) is 8.27. The van der Waals surface area contributed by atoms with Gasteiger partial charge in [0.2, 0.25) is 10.0 Å². The first-order chi connectivity index (χ1) is 15.9. The second-order valence-corrected chi connectivity index (χ2v) is 10.2. The molecule has 3 atom stereocenters. The van der Waals surface area contributed by atoms with Gasteiger partial charge in [-0.15, -0.1) is 0 Å². The summed E-state index contributed by atoms with van der Waals surface area (Å²) in [5.41, 5.74) is 3.75. The van der Waals surface area contributed by atoms with E-state index < -0.39 is 21.9 Å². The molecule has 1 saturated heterocycles. The molecule has 0 unspecified atom stereocenters. The molecule has 3 aromatic carbocycles. The first-order valence-corrected chi connectivity index (χ1v) is 12.2. The molecule has 168 valence electrons. The summed E-state index contributed by atoms with van der Waals surface area (Å²) in [5.74, 6) is -0.944. The average Bonchev–Trinajstić information content (AvgIpc) is 3.30. The molecule has 0 bridgehead atoms. The van der Waals surface area contributed by atoms with Crippen LogP contribution in [0.2, 0.25) is 0 Å². The molecule has 8 heteroatoms. The van der Waals surface area contributed by atoms with Crippen molar-refractivity contribution in [3.05, 3.63) is 83.7 Å². The number of rotatable bonds is 4. The number of nitrogens with zero attached hydrogens (tertiary/aromatic N) is 2. The van der Waals surface area contributed by atoms with Crippen LogP contribution in [0.1, 0.15) is 23.6 Å². The van der Waals surface area contributed by atoms with Crippen molar-refractivity contribution in [3.63, 3.8) is 0 Å². The van der Waals surface area contributed by atoms with Crippen molar-refractivity contribution in [1.82, 2.24) is 4.31 Å². The molecule has 2 aliphatic rings.